The normalized spacial score (nSPS) is 15.5. The van der Waals surface area contributed by atoms with E-state index in [2.05, 4.69) is 41.8 Å². The fraction of sp³-hybridized carbons (Fsp3) is 0.600. The van der Waals surface area contributed by atoms with Gasteiger partial charge in [0.25, 0.3) is 0 Å². The number of aryl methyl sites for hydroxylation is 1. The molecule has 0 radical (unpaired) electrons. The third-order valence-corrected chi connectivity index (χ3v) is 3.86. The first-order valence-electron chi connectivity index (χ1n) is 6.85. The second-order valence-electron chi connectivity index (χ2n) is 4.86. The van der Waals surface area contributed by atoms with Gasteiger partial charge in [0.1, 0.15) is 0 Å². The third kappa shape index (κ3) is 3.67. The Morgan fingerprint density at radius 1 is 1.06 bits per heavy atom. The summed E-state index contributed by atoms with van der Waals surface area (Å²) >= 11 is 4.27. The summed E-state index contributed by atoms with van der Waals surface area (Å²) in [6.45, 7) is 2.45. The number of unbranched alkanes of at least 4 members (excludes halogenated alkanes) is 2. The maximum absolute atomic E-state index is 4.27. The van der Waals surface area contributed by atoms with Gasteiger partial charge in [-0.1, -0.05) is 24.6 Å². The number of anilines is 1. The van der Waals surface area contributed by atoms with Crippen LogP contribution in [0.2, 0.25) is 0 Å². The first-order chi connectivity index (χ1) is 8.42. The predicted octanol–water partition coefficient (Wildman–Crippen LogP) is 3.93. The minimum atomic E-state index is 1.02. The van der Waals surface area contributed by atoms with Gasteiger partial charge in [-0.3, -0.25) is 0 Å². The standard InChI is InChI=1S/C15H23NS/c17-13-7-1-5-11-16-12-6-4-9-14-8-2-3-10-15(14)16/h2-3,8,10,17H,1,4-7,9,11-13H2. The van der Waals surface area contributed by atoms with Crippen LogP contribution in [-0.2, 0) is 6.42 Å². The Labute approximate surface area is 111 Å². The van der Waals surface area contributed by atoms with Crippen molar-refractivity contribution >= 4 is 18.3 Å². The van der Waals surface area contributed by atoms with Gasteiger partial charge in [-0.2, -0.15) is 12.6 Å². The lowest BCUT2D eigenvalue weighted by Crippen LogP contribution is -2.25. The van der Waals surface area contributed by atoms with E-state index in [0.717, 1.165) is 5.75 Å². The molecule has 1 nitrogen and oxygen atoms in total. The van der Waals surface area contributed by atoms with Crippen LogP contribution in [0.1, 0.15) is 37.7 Å². The highest BCUT2D eigenvalue weighted by Gasteiger charge is 2.13. The van der Waals surface area contributed by atoms with E-state index in [1.807, 2.05) is 0 Å². The second kappa shape index (κ2) is 6.95. The fourth-order valence-corrected chi connectivity index (χ4v) is 2.82. The third-order valence-electron chi connectivity index (χ3n) is 3.54. The van der Waals surface area contributed by atoms with Crippen molar-refractivity contribution in [1.82, 2.24) is 0 Å². The maximum atomic E-state index is 4.27. The Balaban J connectivity index is 1.97. The van der Waals surface area contributed by atoms with E-state index in [1.54, 1.807) is 5.56 Å². The van der Waals surface area contributed by atoms with E-state index in [0.29, 0.717) is 0 Å². The van der Waals surface area contributed by atoms with E-state index in [1.165, 1.54) is 57.3 Å². The minimum Gasteiger partial charge on any atom is -0.371 e. The quantitative estimate of drug-likeness (QED) is 0.611. The molecular formula is C15H23NS. The maximum Gasteiger partial charge on any atom is 0.0398 e. The molecule has 0 N–H and O–H groups in total. The molecule has 2 heteroatoms. The molecule has 0 bridgehead atoms. The number of hydrogen-bond acceptors (Lipinski definition) is 2. The lowest BCUT2D eigenvalue weighted by Gasteiger charge is -2.24. The van der Waals surface area contributed by atoms with Crippen molar-refractivity contribution in [3.8, 4) is 0 Å². The molecule has 0 unspecified atom stereocenters. The van der Waals surface area contributed by atoms with Gasteiger partial charge in [0.15, 0.2) is 0 Å². The van der Waals surface area contributed by atoms with Crippen LogP contribution in [0, 0.1) is 0 Å². The summed E-state index contributed by atoms with van der Waals surface area (Å²) < 4.78 is 0. The van der Waals surface area contributed by atoms with Gasteiger partial charge in [-0.15, -0.1) is 0 Å². The molecule has 0 aliphatic carbocycles. The molecular weight excluding hydrogens is 226 g/mol. The van der Waals surface area contributed by atoms with E-state index in [9.17, 15) is 0 Å². The van der Waals surface area contributed by atoms with Crippen molar-refractivity contribution in [2.75, 3.05) is 23.7 Å². The lowest BCUT2D eigenvalue weighted by atomic mass is 10.1. The summed E-state index contributed by atoms with van der Waals surface area (Å²) in [5, 5.41) is 0. The molecule has 1 aromatic carbocycles. The van der Waals surface area contributed by atoms with Crippen molar-refractivity contribution in [3.05, 3.63) is 29.8 Å². The largest absolute Gasteiger partial charge is 0.371 e. The number of hydrogen-bond donors (Lipinski definition) is 1. The zero-order valence-corrected chi connectivity index (χ0v) is 11.5. The summed E-state index contributed by atoms with van der Waals surface area (Å²) in [5.41, 5.74) is 3.02. The smallest absolute Gasteiger partial charge is 0.0398 e. The number of thiol groups is 1. The highest BCUT2D eigenvalue weighted by Crippen LogP contribution is 2.26. The van der Waals surface area contributed by atoms with Crippen molar-refractivity contribution < 1.29 is 0 Å². The van der Waals surface area contributed by atoms with Crippen LogP contribution in [0.4, 0.5) is 5.69 Å². The van der Waals surface area contributed by atoms with Crippen LogP contribution in [0.25, 0.3) is 0 Å². The van der Waals surface area contributed by atoms with E-state index in [4.69, 9.17) is 0 Å². The van der Waals surface area contributed by atoms with E-state index >= 15 is 0 Å². The monoisotopic (exact) mass is 249 g/mol. The lowest BCUT2D eigenvalue weighted by molar-refractivity contribution is 0.659. The molecule has 0 aromatic heterocycles. The van der Waals surface area contributed by atoms with Gasteiger partial charge in [0, 0.05) is 18.8 Å². The first-order valence-corrected chi connectivity index (χ1v) is 7.49. The van der Waals surface area contributed by atoms with Gasteiger partial charge in [-0.25, -0.2) is 0 Å². The zero-order valence-electron chi connectivity index (χ0n) is 10.6. The van der Waals surface area contributed by atoms with Gasteiger partial charge < -0.3 is 4.90 Å². The van der Waals surface area contributed by atoms with Crippen molar-refractivity contribution in [3.63, 3.8) is 0 Å². The number of para-hydroxylation sites is 1. The average Bonchev–Trinajstić information content (AvgIpc) is 2.57. The molecule has 1 heterocycles. The molecule has 0 saturated carbocycles. The Hall–Kier alpha value is -0.630. The molecule has 17 heavy (non-hydrogen) atoms. The van der Waals surface area contributed by atoms with Crippen LogP contribution < -0.4 is 4.90 Å². The summed E-state index contributed by atoms with van der Waals surface area (Å²) in [6.07, 6.45) is 7.78. The molecule has 0 fully saturated rings. The van der Waals surface area contributed by atoms with Crippen LogP contribution in [0.15, 0.2) is 24.3 Å². The van der Waals surface area contributed by atoms with Crippen molar-refractivity contribution in [1.29, 1.82) is 0 Å². The number of benzene rings is 1. The molecule has 0 spiro atoms. The molecule has 1 aliphatic heterocycles. The van der Waals surface area contributed by atoms with E-state index in [-0.39, 0.29) is 0 Å². The SMILES string of the molecule is SCCCCCN1CCCCc2ccccc21. The van der Waals surface area contributed by atoms with Crippen LogP contribution in [-0.4, -0.2) is 18.8 Å². The van der Waals surface area contributed by atoms with Crippen LogP contribution >= 0.6 is 12.6 Å². The molecule has 0 atom stereocenters. The summed E-state index contributed by atoms with van der Waals surface area (Å²) in [4.78, 5) is 2.58. The van der Waals surface area contributed by atoms with Crippen LogP contribution in [0.5, 0.6) is 0 Å². The van der Waals surface area contributed by atoms with Crippen LogP contribution in [0.3, 0.4) is 0 Å². The van der Waals surface area contributed by atoms with Gasteiger partial charge in [0.05, 0.1) is 0 Å². The zero-order chi connectivity index (χ0) is 11.9. The molecule has 1 aliphatic rings. The van der Waals surface area contributed by atoms with E-state index < -0.39 is 0 Å². The fourth-order valence-electron chi connectivity index (χ4n) is 2.59. The number of fused-ring (bicyclic) bond motifs is 1. The van der Waals surface area contributed by atoms with Crippen molar-refractivity contribution in [2.45, 2.75) is 38.5 Å². The second-order valence-corrected chi connectivity index (χ2v) is 5.30. The Bertz CT molecular complexity index is 337. The molecule has 1 aromatic rings. The van der Waals surface area contributed by atoms with Gasteiger partial charge in [0.2, 0.25) is 0 Å². The average molecular weight is 249 g/mol. The summed E-state index contributed by atoms with van der Waals surface area (Å²) in [6, 6.07) is 8.93. The number of nitrogens with zero attached hydrogens (tertiary/aromatic N) is 1. The molecule has 0 amide bonds. The van der Waals surface area contributed by atoms with Gasteiger partial charge >= 0.3 is 0 Å². The highest BCUT2D eigenvalue weighted by molar-refractivity contribution is 7.80. The Morgan fingerprint density at radius 2 is 1.94 bits per heavy atom. The van der Waals surface area contributed by atoms with Gasteiger partial charge in [-0.05, 0) is 49.5 Å². The Kier molecular flexibility index (Phi) is 5.24. The predicted molar refractivity (Wildman–Crippen MR) is 79.3 cm³/mol. The number of rotatable bonds is 5. The Morgan fingerprint density at radius 3 is 2.82 bits per heavy atom. The topological polar surface area (TPSA) is 3.24 Å². The minimum absolute atomic E-state index is 1.02. The molecule has 94 valence electrons. The molecule has 0 saturated heterocycles. The highest BCUT2D eigenvalue weighted by atomic mass is 32.1. The summed E-state index contributed by atoms with van der Waals surface area (Å²) in [5.74, 6) is 1.02. The molecule has 2 rings (SSSR count). The van der Waals surface area contributed by atoms with Crippen molar-refractivity contribution in [2.24, 2.45) is 0 Å². The first kappa shape index (κ1) is 12.8. The summed E-state index contributed by atoms with van der Waals surface area (Å²) in [7, 11) is 0.